The van der Waals surface area contributed by atoms with Crippen LogP contribution in [0.3, 0.4) is 0 Å². The van der Waals surface area contributed by atoms with E-state index >= 15 is 0 Å². The summed E-state index contributed by atoms with van der Waals surface area (Å²) in [6, 6.07) is 7.58. The van der Waals surface area contributed by atoms with Crippen molar-refractivity contribution in [3.8, 4) is 5.75 Å². The molecule has 3 heteroatoms. The van der Waals surface area contributed by atoms with Crippen LogP contribution in [0, 0.1) is 0 Å². The Balaban J connectivity index is 2.05. The van der Waals surface area contributed by atoms with Gasteiger partial charge in [-0.05, 0) is 36.8 Å². The van der Waals surface area contributed by atoms with Gasteiger partial charge in [-0.1, -0.05) is 18.7 Å². The predicted molar refractivity (Wildman–Crippen MR) is 72.6 cm³/mol. The Morgan fingerprint density at radius 3 is 2.59 bits per heavy atom. The van der Waals surface area contributed by atoms with Gasteiger partial charge in [0, 0.05) is 24.9 Å². The number of hydrogen-bond acceptors (Lipinski definition) is 3. The Labute approximate surface area is 107 Å². The van der Waals surface area contributed by atoms with Gasteiger partial charge in [0.25, 0.3) is 0 Å². The summed E-state index contributed by atoms with van der Waals surface area (Å²) in [5.41, 5.74) is 0.893. The lowest BCUT2D eigenvalue weighted by atomic mass is 10.1. The molecule has 1 aliphatic rings. The number of benzene rings is 1. The van der Waals surface area contributed by atoms with Crippen molar-refractivity contribution in [3.05, 3.63) is 60.4 Å². The van der Waals surface area contributed by atoms with Crippen LogP contribution in [0.15, 0.2) is 54.8 Å². The van der Waals surface area contributed by atoms with Crippen LogP contribution < -0.4 is 4.74 Å². The van der Waals surface area contributed by atoms with E-state index in [0.717, 1.165) is 29.9 Å². The average molecular weight is 246 g/mol. The number of hydrogen-bond donors (Lipinski definition) is 1. The van der Waals surface area contributed by atoms with Gasteiger partial charge in [0.1, 0.15) is 17.3 Å². The van der Waals surface area contributed by atoms with Gasteiger partial charge in [0.15, 0.2) is 0 Å². The summed E-state index contributed by atoms with van der Waals surface area (Å²) in [5, 5.41) is 0. The molecule has 0 aliphatic heterocycles. The summed E-state index contributed by atoms with van der Waals surface area (Å²) < 4.78 is 10.5. The van der Waals surface area contributed by atoms with E-state index in [1.807, 2.05) is 36.4 Å². The lowest BCUT2D eigenvalue weighted by Gasteiger charge is -2.11. The van der Waals surface area contributed by atoms with Crippen molar-refractivity contribution in [2.45, 2.75) is 12.8 Å². The van der Waals surface area contributed by atoms with E-state index in [4.69, 9.17) is 8.92 Å². The zero-order chi connectivity index (χ0) is 12.1. The summed E-state index contributed by atoms with van der Waals surface area (Å²) in [5.74, 6) is 2.34. The summed E-state index contributed by atoms with van der Waals surface area (Å²) >= 11 is 3.71. The number of ether oxygens (including phenoxy) is 1. The molecule has 0 N–H and O–H groups in total. The molecule has 0 saturated carbocycles. The average Bonchev–Trinajstić information content (AvgIpc) is 2.40. The van der Waals surface area contributed by atoms with Crippen LogP contribution in [0.1, 0.15) is 18.4 Å². The summed E-state index contributed by atoms with van der Waals surface area (Å²) in [4.78, 5) is 0. The van der Waals surface area contributed by atoms with E-state index in [-0.39, 0.29) is 0 Å². The maximum Gasteiger partial charge on any atom is 0.137 e. The molecular weight excluding hydrogens is 232 g/mol. The van der Waals surface area contributed by atoms with Gasteiger partial charge in [-0.25, -0.2) is 0 Å². The van der Waals surface area contributed by atoms with Gasteiger partial charge in [0.2, 0.25) is 0 Å². The van der Waals surface area contributed by atoms with Gasteiger partial charge in [-0.3, -0.25) is 0 Å². The molecule has 0 fully saturated rings. The molecule has 0 aromatic heterocycles. The smallest absolute Gasteiger partial charge is 0.137 e. The molecule has 0 bridgehead atoms. The second-order valence-electron chi connectivity index (χ2n) is 3.74. The van der Waals surface area contributed by atoms with Gasteiger partial charge in [-0.15, -0.1) is 0 Å². The second-order valence-corrected chi connectivity index (χ2v) is 3.92. The van der Waals surface area contributed by atoms with Crippen LogP contribution in [0.25, 0.3) is 5.76 Å². The van der Waals surface area contributed by atoms with Crippen LogP contribution in [0.4, 0.5) is 0 Å². The number of rotatable bonds is 4. The molecule has 0 unspecified atom stereocenters. The van der Waals surface area contributed by atoms with Crippen molar-refractivity contribution in [2.75, 3.05) is 0 Å². The van der Waals surface area contributed by atoms with Gasteiger partial charge < -0.3 is 8.92 Å². The molecule has 2 nitrogen and oxygen atoms in total. The van der Waals surface area contributed by atoms with Gasteiger partial charge in [-0.2, -0.15) is 0 Å². The minimum absolute atomic E-state index is 0.527. The maximum atomic E-state index is 5.74. The zero-order valence-electron chi connectivity index (χ0n) is 9.43. The zero-order valence-corrected chi connectivity index (χ0v) is 10.3. The van der Waals surface area contributed by atoms with E-state index < -0.39 is 0 Å². The Morgan fingerprint density at radius 1 is 1.24 bits per heavy atom. The minimum atomic E-state index is 0.527. The fourth-order valence-corrected chi connectivity index (χ4v) is 1.68. The maximum absolute atomic E-state index is 5.74. The van der Waals surface area contributed by atoms with E-state index in [2.05, 4.69) is 25.6 Å². The first-order chi connectivity index (χ1) is 8.29. The van der Waals surface area contributed by atoms with Crippen molar-refractivity contribution < 1.29 is 8.92 Å². The first-order valence-corrected chi connectivity index (χ1v) is 5.80. The molecular formula is C14H14O2S. The minimum Gasteiger partial charge on any atom is -0.462 e. The van der Waals surface area contributed by atoms with Crippen LogP contribution in [-0.2, 0) is 4.18 Å². The third-order valence-corrected chi connectivity index (χ3v) is 2.73. The third-order valence-electron chi connectivity index (χ3n) is 2.51. The van der Waals surface area contributed by atoms with Crippen molar-refractivity contribution in [2.24, 2.45) is 0 Å². The Kier molecular flexibility index (Phi) is 3.94. The van der Waals surface area contributed by atoms with E-state index in [1.165, 1.54) is 0 Å². The molecule has 0 amide bonds. The SMILES string of the molecule is C=C(OS)c1ccc(OC2=CC=CCC2)cc1. The molecule has 1 aliphatic carbocycles. The molecule has 0 heterocycles. The largest absolute Gasteiger partial charge is 0.462 e. The molecule has 0 spiro atoms. The van der Waals surface area contributed by atoms with E-state index in [9.17, 15) is 0 Å². The third kappa shape index (κ3) is 3.17. The highest BCUT2D eigenvalue weighted by molar-refractivity contribution is 7.75. The van der Waals surface area contributed by atoms with Gasteiger partial charge in [0.05, 0.1) is 0 Å². The Morgan fingerprint density at radius 2 is 2.00 bits per heavy atom. The monoisotopic (exact) mass is 246 g/mol. The summed E-state index contributed by atoms with van der Waals surface area (Å²) in [7, 11) is 0. The highest BCUT2D eigenvalue weighted by Gasteiger charge is 2.04. The number of thiol groups is 1. The fourth-order valence-electron chi connectivity index (χ4n) is 1.58. The van der Waals surface area contributed by atoms with E-state index in [0.29, 0.717) is 5.76 Å². The molecule has 0 radical (unpaired) electrons. The van der Waals surface area contributed by atoms with E-state index in [1.54, 1.807) is 0 Å². The lowest BCUT2D eigenvalue weighted by Crippen LogP contribution is -1.97. The highest BCUT2D eigenvalue weighted by atomic mass is 32.1. The molecule has 2 rings (SSSR count). The van der Waals surface area contributed by atoms with Crippen LogP contribution in [0.2, 0.25) is 0 Å². The molecule has 88 valence electrons. The summed E-state index contributed by atoms with van der Waals surface area (Å²) in [6.07, 6.45) is 8.12. The summed E-state index contributed by atoms with van der Waals surface area (Å²) in [6.45, 7) is 3.73. The lowest BCUT2D eigenvalue weighted by molar-refractivity contribution is 0.402. The van der Waals surface area contributed by atoms with Crippen molar-refractivity contribution in [1.29, 1.82) is 0 Å². The molecule has 1 aromatic rings. The molecule has 17 heavy (non-hydrogen) atoms. The van der Waals surface area contributed by atoms with Crippen LogP contribution >= 0.6 is 12.9 Å². The highest BCUT2D eigenvalue weighted by Crippen LogP contribution is 2.22. The predicted octanol–water partition coefficient (Wildman–Crippen LogP) is 4.13. The molecule has 0 saturated heterocycles. The van der Waals surface area contributed by atoms with Crippen molar-refractivity contribution >= 4 is 18.7 Å². The Bertz CT molecular complexity index is 458. The number of allylic oxidation sites excluding steroid dienone is 4. The molecule has 0 atom stereocenters. The second kappa shape index (κ2) is 5.64. The normalized spacial score (nSPS) is 14.1. The topological polar surface area (TPSA) is 18.5 Å². The van der Waals surface area contributed by atoms with Gasteiger partial charge >= 0.3 is 0 Å². The molecule has 1 aromatic carbocycles. The first-order valence-electron chi connectivity index (χ1n) is 5.44. The van der Waals surface area contributed by atoms with Crippen molar-refractivity contribution in [3.63, 3.8) is 0 Å². The van der Waals surface area contributed by atoms with Crippen LogP contribution in [0.5, 0.6) is 5.75 Å². The van der Waals surface area contributed by atoms with Crippen LogP contribution in [-0.4, -0.2) is 0 Å². The van der Waals surface area contributed by atoms with Crippen molar-refractivity contribution in [1.82, 2.24) is 0 Å². The Hall–Kier alpha value is -1.61. The first kappa shape index (κ1) is 11.9. The standard InChI is InChI=1S/C14H14O2S/c1-11(16-17)12-7-9-14(10-8-12)15-13-5-3-2-4-6-13/h2-3,5,7-10,17H,1,4,6H2. The quantitative estimate of drug-likeness (QED) is 0.489. The fraction of sp³-hybridized carbons (Fsp3) is 0.143.